The molecule has 2 aromatic rings. The van der Waals surface area contributed by atoms with Crippen molar-refractivity contribution in [3.8, 4) is 11.5 Å². The van der Waals surface area contributed by atoms with Gasteiger partial charge >= 0.3 is 5.97 Å². The largest absolute Gasteiger partial charge is 0.497 e. The molecule has 7 heteroatoms. The second kappa shape index (κ2) is 9.60. The zero-order valence-electron chi connectivity index (χ0n) is 16.5. The minimum absolute atomic E-state index is 0.0716. The Hall–Kier alpha value is -2.80. The lowest BCUT2D eigenvalue weighted by atomic mass is 10.1. The van der Waals surface area contributed by atoms with Crippen LogP contribution in [0.4, 0.5) is 0 Å². The molecule has 2 aromatic carbocycles. The van der Waals surface area contributed by atoms with Gasteiger partial charge in [-0.2, -0.15) is 0 Å². The molecule has 0 aromatic heterocycles. The fourth-order valence-electron chi connectivity index (χ4n) is 3.12. The molecule has 6 nitrogen and oxygen atoms in total. The predicted octanol–water partition coefficient (Wildman–Crippen LogP) is 3.83. The van der Waals surface area contributed by atoms with Gasteiger partial charge in [0.25, 0.3) is 0 Å². The summed E-state index contributed by atoms with van der Waals surface area (Å²) in [5.74, 6) is 0.169. The first-order valence-electron chi connectivity index (χ1n) is 9.40. The van der Waals surface area contributed by atoms with Crippen LogP contribution in [0.3, 0.4) is 0 Å². The standard InChI is InChI=1S/C22H23NO5S/c1-15(24)17-10-9-16(27-2)13-19(17)28-22(26)18-7-3-4-8-20(18)29-14-21(25)23-11-5-6-12-23/h3-4,7-10,13H,5-6,11-12,14H2,1-2H3. The summed E-state index contributed by atoms with van der Waals surface area (Å²) in [5, 5.41) is 0. The molecule has 1 heterocycles. The van der Waals surface area contributed by atoms with Gasteiger partial charge < -0.3 is 14.4 Å². The smallest absolute Gasteiger partial charge is 0.344 e. The van der Waals surface area contributed by atoms with Crippen molar-refractivity contribution in [2.75, 3.05) is 26.0 Å². The molecule has 1 aliphatic rings. The van der Waals surface area contributed by atoms with E-state index >= 15 is 0 Å². The van der Waals surface area contributed by atoms with Crippen LogP contribution in [0, 0.1) is 0 Å². The summed E-state index contributed by atoms with van der Waals surface area (Å²) in [6, 6.07) is 11.7. The third kappa shape index (κ3) is 5.17. The molecular weight excluding hydrogens is 390 g/mol. The van der Waals surface area contributed by atoms with Crippen molar-refractivity contribution < 1.29 is 23.9 Å². The summed E-state index contributed by atoms with van der Waals surface area (Å²) < 4.78 is 10.7. The van der Waals surface area contributed by atoms with E-state index < -0.39 is 5.97 Å². The summed E-state index contributed by atoms with van der Waals surface area (Å²) in [6.45, 7) is 3.01. The van der Waals surface area contributed by atoms with E-state index in [1.54, 1.807) is 30.3 Å². The predicted molar refractivity (Wildman–Crippen MR) is 111 cm³/mol. The number of Topliss-reactive ketones (excluding diaryl/α,β-unsaturated/α-hetero) is 1. The number of hydrogen-bond acceptors (Lipinski definition) is 6. The number of methoxy groups -OCH3 is 1. The number of benzene rings is 2. The van der Waals surface area contributed by atoms with E-state index in [4.69, 9.17) is 9.47 Å². The molecule has 1 aliphatic heterocycles. The van der Waals surface area contributed by atoms with Gasteiger partial charge in [0.1, 0.15) is 11.5 Å². The monoisotopic (exact) mass is 413 g/mol. The van der Waals surface area contributed by atoms with E-state index in [-0.39, 0.29) is 23.2 Å². The van der Waals surface area contributed by atoms with Crippen molar-refractivity contribution in [1.82, 2.24) is 4.90 Å². The van der Waals surface area contributed by atoms with Crippen LogP contribution in [0.15, 0.2) is 47.4 Å². The summed E-state index contributed by atoms with van der Waals surface area (Å²) in [7, 11) is 1.50. The highest BCUT2D eigenvalue weighted by Crippen LogP contribution is 2.29. The average Bonchev–Trinajstić information content (AvgIpc) is 3.27. The maximum absolute atomic E-state index is 12.8. The van der Waals surface area contributed by atoms with Crippen LogP contribution < -0.4 is 9.47 Å². The van der Waals surface area contributed by atoms with Crippen molar-refractivity contribution in [2.24, 2.45) is 0 Å². The number of thioether (sulfide) groups is 1. The van der Waals surface area contributed by atoms with Crippen LogP contribution in [0.25, 0.3) is 0 Å². The highest BCUT2D eigenvalue weighted by atomic mass is 32.2. The molecule has 1 fully saturated rings. The van der Waals surface area contributed by atoms with Crippen LogP contribution in [0.5, 0.6) is 11.5 Å². The van der Waals surface area contributed by atoms with Gasteiger partial charge in [-0.1, -0.05) is 12.1 Å². The molecule has 3 rings (SSSR count). The van der Waals surface area contributed by atoms with E-state index in [9.17, 15) is 14.4 Å². The fourth-order valence-corrected chi connectivity index (χ4v) is 4.06. The van der Waals surface area contributed by atoms with Crippen molar-refractivity contribution in [1.29, 1.82) is 0 Å². The number of ether oxygens (including phenoxy) is 2. The highest BCUT2D eigenvalue weighted by molar-refractivity contribution is 8.00. The van der Waals surface area contributed by atoms with Crippen molar-refractivity contribution in [2.45, 2.75) is 24.7 Å². The van der Waals surface area contributed by atoms with Gasteiger partial charge in [0.15, 0.2) is 5.78 Å². The number of rotatable bonds is 7. The minimum Gasteiger partial charge on any atom is -0.497 e. The zero-order valence-corrected chi connectivity index (χ0v) is 17.3. The number of carbonyl (C=O) groups excluding carboxylic acids is 3. The number of amides is 1. The third-order valence-electron chi connectivity index (χ3n) is 4.69. The number of ketones is 1. The molecule has 29 heavy (non-hydrogen) atoms. The zero-order chi connectivity index (χ0) is 20.8. The van der Waals surface area contributed by atoms with Gasteiger partial charge in [-0.25, -0.2) is 4.79 Å². The summed E-state index contributed by atoms with van der Waals surface area (Å²) in [5.41, 5.74) is 0.650. The summed E-state index contributed by atoms with van der Waals surface area (Å²) in [4.78, 5) is 39.5. The highest BCUT2D eigenvalue weighted by Gasteiger charge is 2.21. The lowest BCUT2D eigenvalue weighted by Crippen LogP contribution is -2.29. The molecule has 1 saturated heterocycles. The molecule has 0 spiro atoms. The Bertz CT molecular complexity index is 921. The van der Waals surface area contributed by atoms with Crippen molar-refractivity contribution >= 4 is 29.4 Å². The van der Waals surface area contributed by atoms with Gasteiger partial charge in [-0.3, -0.25) is 9.59 Å². The Labute approximate surface area is 174 Å². The van der Waals surface area contributed by atoms with Crippen LogP contribution in [0.1, 0.15) is 40.5 Å². The second-order valence-corrected chi connectivity index (χ2v) is 7.70. The number of hydrogen-bond donors (Lipinski definition) is 0. The number of likely N-dealkylation sites (tertiary alicyclic amines) is 1. The van der Waals surface area contributed by atoms with Gasteiger partial charge in [0.05, 0.1) is 24.0 Å². The number of nitrogens with zero attached hydrogens (tertiary/aromatic N) is 1. The van der Waals surface area contributed by atoms with Gasteiger partial charge in [-0.05, 0) is 44.0 Å². The molecule has 0 N–H and O–H groups in total. The fraction of sp³-hybridized carbons (Fsp3) is 0.318. The first-order chi connectivity index (χ1) is 14.0. The normalized spacial score (nSPS) is 13.2. The Morgan fingerprint density at radius 3 is 2.45 bits per heavy atom. The van der Waals surface area contributed by atoms with E-state index in [1.165, 1.54) is 31.9 Å². The quantitative estimate of drug-likeness (QED) is 0.297. The molecule has 0 atom stereocenters. The van der Waals surface area contributed by atoms with Gasteiger partial charge in [0.2, 0.25) is 5.91 Å². The molecular formula is C22H23NO5S. The molecule has 0 saturated carbocycles. The van der Waals surface area contributed by atoms with E-state index in [0.29, 0.717) is 21.8 Å². The number of carbonyl (C=O) groups is 3. The van der Waals surface area contributed by atoms with Crippen molar-refractivity contribution in [3.63, 3.8) is 0 Å². The van der Waals surface area contributed by atoms with Crippen molar-refractivity contribution in [3.05, 3.63) is 53.6 Å². The van der Waals surface area contributed by atoms with Crippen LogP contribution in [0.2, 0.25) is 0 Å². The SMILES string of the molecule is COc1ccc(C(C)=O)c(OC(=O)c2ccccc2SCC(=O)N2CCCC2)c1. The Balaban J connectivity index is 1.76. The number of esters is 1. The maximum atomic E-state index is 12.8. The van der Waals surface area contributed by atoms with E-state index in [1.807, 2.05) is 11.0 Å². The van der Waals surface area contributed by atoms with E-state index in [2.05, 4.69) is 0 Å². The molecule has 152 valence electrons. The molecule has 0 unspecified atom stereocenters. The van der Waals surface area contributed by atoms with E-state index in [0.717, 1.165) is 25.9 Å². The topological polar surface area (TPSA) is 72.9 Å². The lowest BCUT2D eigenvalue weighted by molar-refractivity contribution is -0.127. The van der Waals surface area contributed by atoms with Crippen LogP contribution in [-0.4, -0.2) is 48.5 Å². The van der Waals surface area contributed by atoms with Gasteiger partial charge in [0, 0.05) is 24.1 Å². The summed E-state index contributed by atoms with van der Waals surface area (Å²) >= 11 is 1.32. The molecule has 0 aliphatic carbocycles. The minimum atomic E-state index is -0.586. The first kappa shape index (κ1) is 20.9. The Morgan fingerprint density at radius 2 is 1.76 bits per heavy atom. The molecule has 0 bridgehead atoms. The Morgan fingerprint density at radius 1 is 1.03 bits per heavy atom. The first-order valence-corrected chi connectivity index (χ1v) is 10.4. The van der Waals surface area contributed by atoms with Crippen LogP contribution in [-0.2, 0) is 4.79 Å². The average molecular weight is 413 g/mol. The molecule has 0 radical (unpaired) electrons. The van der Waals surface area contributed by atoms with Crippen LogP contribution >= 0.6 is 11.8 Å². The molecule has 1 amide bonds. The summed E-state index contributed by atoms with van der Waals surface area (Å²) in [6.07, 6.45) is 2.08. The maximum Gasteiger partial charge on any atom is 0.344 e. The second-order valence-electron chi connectivity index (χ2n) is 6.68. The Kier molecular flexibility index (Phi) is 6.93. The lowest BCUT2D eigenvalue weighted by Gasteiger charge is -2.15. The third-order valence-corrected chi connectivity index (χ3v) is 5.75. The van der Waals surface area contributed by atoms with Gasteiger partial charge in [-0.15, -0.1) is 11.8 Å².